The van der Waals surface area contributed by atoms with Crippen molar-refractivity contribution < 1.29 is 19.5 Å². The Labute approximate surface area is 69.1 Å². The van der Waals surface area contributed by atoms with Crippen molar-refractivity contribution in [2.45, 2.75) is 12.8 Å². The summed E-state index contributed by atoms with van der Waals surface area (Å²) >= 11 is 0. The molecular formula is C8H10Ru. The van der Waals surface area contributed by atoms with E-state index in [1.54, 1.807) is 0 Å². The molecule has 1 heteroatoms. The molecule has 0 heterocycles. The average Bonchev–Trinajstić information content (AvgIpc) is 2.19. The van der Waals surface area contributed by atoms with Crippen LogP contribution >= 0.6 is 0 Å². The molecular weight excluding hydrogens is 197 g/mol. The Bertz CT molecular complexity index is 143. The average molecular weight is 207 g/mol. The monoisotopic (exact) mass is 208 g/mol. The van der Waals surface area contributed by atoms with Gasteiger partial charge in [-0.1, -0.05) is 29.9 Å². The van der Waals surface area contributed by atoms with E-state index in [1.165, 1.54) is 5.57 Å². The zero-order valence-electron chi connectivity index (χ0n) is 5.28. The van der Waals surface area contributed by atoms with Gasteiger partial charge in [-0.2, -0.15) is 0 Å². The largest absolute Gasteiger partial charge is 0.103 e. The summed E-state index contributed by atoms with van der Waals surface area (Å²) < 4.78 is 0. The molecule has 0 aromatic heterocycles. The third-order valence-electron chi connectivity index (χ3n) is 1.25. The summed E-state index contributed by atoms with van der Waals surface area (Å²) in [6.07, 6.45) is 10.5. The summed E-state index contributed by atoms with van der Waals surface area (Å²) in [5.41, 5.74) is 1.47. The normalized spacial score (nSPS) is 14.4. The summed E-state index contributed by atoms with van der Waals surface area (Å²) in [6.45, 7) is 3.66. The van der Waals surface area contributed by atoms with E-state index in [4.69, 9.17) is 0 Å². The minimum Gasteiger partial charge on any atom is -0.103 e. The first-order valence-corrected chi connectivity index (χ1v) is 2.89. The van der Waals surface area contributed by atoms with Gasteiger partial charge in [-0.05, 0) is 12.8 Å². The first-order valence-electron chi connectivity index (χ1n) is 2.89. The van der Waals surface area contributed by atoms with Crippen molar-refractivity contribution in [3.63, 3.8) is 0 Å². The van der Waals surface area contributed by atoms with Crippen molar-refractivity contribution in [3.8, 4) is 0 Å². The van der Waals surface area contributed by atoms with E-state index >= 15 is 0 Å². The van der Waals surface area contributed by atoms with Gasteiger partial charge >= 0.3 is 0 Å². The van der Waals surface area contributed by atoms with Crippen LogP contribution in [0.2, 0.25) is 0 Å². The molecule has 0 aliphatic heterocycles. The summed E-state index contributed by atoms with van der Waals surface area (Å²) in [7, 11) is 0. The van der Waals surface area contributed by atoms with Crippen molar-refractivity contribution in [2.75, 3.05) is 0 Å². The van der Waals surface area contributed by atoms with Crippen molar-refractivity contribution in [2.24, 2.45) is 0 Å². The molecule has 0 atom stereocenters. The fraction of sp³-hybridized carbons (Fsp3) is 0.250. The van der Waals surface area contributed by atoms with Crippen LogP contribution in [0.1, 0.15) is 12.8 Å². The molecule has 0 aromatic rings. The van der Waals surface area contributed by atoms with Gasteiger partial charge in [-0.25, -0.2) is 0 Å². The molecule has 0 spiro atoms. The molecule has 50 valence electrons. The minimum atomic E-state index is 0. The van der Waals surface area contributed by atoms with Crippen LogP contribution in [0.4, 0.5) is 0 Å². The Morgan fingerprint density at radius 3 is 2.89 bits per heavy atom. The Balaban J connectivity index is 0.000000640. The second-order valence-electron chi connectivity index (χ2n) is 1.95. The first kappa shape index (κ1) is 8.84. The van der Waals surface area contributed by atoms with Crippen LogP contribution in [0, 0.1) is 0 Å². The van der Waals surface area contributed by atoms with Gasteiger partial charge in [-0.15, -0.1) is 6.58 Å². The summed E-state index contributed by atoms with van der Waals surface area (Å²) in [6, 6.07) is 0. The maximum atomic E-state index is 3.66. The van der Waals surface area contributed by atoms with Crippen molar-refractivity contribution in [3.05, 3.63) is 36.5 Å². The van der Waals surface area contributed by atoms with Gasteiger partial charge in [0.15, 0.2) is 0 Å². The van der Waals surface area contributed by atoms with Crippen LogP contribution in [-0.2, 0) is 19.5 Å². The van der Waals surface area contributed by atoms with Crippen LogP contribution in [-0.4, -0.2) is 0 Å². The minimum absolute atomic E-state index is 0. The molecule has 0 fully saturated rings. The smallest absolute Gasteiger partial charge is 0 e. The SMILES string of the molecule is C=CCC1=CC=CC1.[Ru]. The molecule has 1 aliphatic carbocycles. The summed E-state index contributed by atoms with van der Waals surface area (Å²) in [4.78, 5) is 0. The fourth-order valence-corrected chi connectivity index (χ4v) is 0.828. The summed E-state index contributed by atoms with van der Waals surface area (Å²) in [5, 5.41) is 0. The van der Waals surface area contributed by atoms with Gasteiger partial charge in [0.2, 0.25) is 0 Å². The number of hydrogen-bond donors (Lipinski definition) is 0. The summed E-state index contributed by atoms with van der Waals surface area (Å²) in [5.74, 6) is 0. The van der Waals surface area contributed by atoms with E-state index in [0.29, 0.717) is 0 Å². The molecule has 0 radical (unpaired) electrons. The Morgan fingerprint density at radius 1 is 1.67 bits per heavy atom. The molecule has 0 unspecified atom stereocenters. The second-order valence-corrected chi connectivity index (χ2v) is 1.95. The van der Waals surface area contributed by atoms with Gasteiger partial charge in [0.1, 0.15) is 0 Å². The Hall–Kier alpha value is -0.157. The predicted molar refractivity (Wildman–Crippen MR) is 36.7 cm³/mol. The van der Waals surface area contributed by atoms with Crippen LogP contribution in [0.3, 0.4) is 0 Å². The van der Waals surface area contributed by atoms with Gasteiger partial charge < -0.3 is 0 Å². The first-order chi connectivity index (χ1) is 3.93. The van der Waals surface area contributed by atoms with E-state index in [-0.39, 0.29) is 19.5 Å². The zero-order chi connectivity index (χ0) is 5.82. The predicted octanol–water partition coefficient (Wildman–Crippen LogP) is 2.45. The Kier molecular flexibility index (Phi) is 4.62. The maximum Gasteiger partial charge on any atom is 0 e. The van der Waals surface area contributed by atoms with Gasteiger partial charge in [0.25, 0.3) is 0 Å². The van der Waals surface area contributed by atoms with E-state index in [0.717, 1.165) is 12.8 Å². The fourth-order valence-electron chi connectivity index (χ4n) is 0.828. The van der Waals surface area contributed by atoms with Gasteiger partial charge in [0, 0.05) is 19.5 Å². The van der Waals surface area contributed by atoms with Crippen LogP contribution in [0.15, 0.2) is 36.5 Å². The Morgan fingerprint density at radius 2 is 2.44 bits per heavy atom. The van der Waals surface area contributed by atoms with E-state index in [9.17, 15) is 0 Å². The molecule has 0 bridgehead atoms. The van der Waals surface area contributed by atoms with E-state index < -0.39 is 0 Å². The topological polar surface area (TPSA) is 0 Å². The standard InChI is InChI=1S/C8H10.Ru/c1-2-5-8-6-3-4-7-8;/h2-4,6H,1,5,7H2;. The van der Waals surface area contributed by atoms with Crippen molar-refractivity contribution in [1.29, 1.82) is 0 Å². The quantitative estimate of drug-likeness (QED) is 0.482. The molecule has 0 amide bonds. The van der Waals surface area contributed by atoms with Crippen LogP contribution < -0.4 is 0 Å². The molecule has 0 aromatic carbocycles. The number of allylic oxidation sites excluding steroid dienone is 5. The third kappa shape index (κ3) is 2.76. The second kappa shape index (κ2) is 4.70. The third-order valence-corrected chi connectivity index (χ3v) is 1.25. The molecule has 1 aliphatic rings. The van der Waals surface area contributed by atoms with E-state index in [1.807, 2.05) is 6.08 Å². The molecule has 0 N–H and O–H groups in total. The molecule has 9 heavy (non-hydrogen) atoms. The van der Waals surface area contributed by atoms with Gasteiger partial charge in [-0.3, -0.25) is 0 Å². The zero-order valence-corrected chi connectivity index (χ0v) is 7.02. The molecule has 0 saturated heterocycles. The molecule has 0 saturated carbocycles. The maximum absolute atomic E-state index is 3.66. The van der Waals surface area contributed by atoms with E-state index in [2.05, 4.69) is 24.8 Å². The number of rotatable bonds is 2. The molecule has 1 rings (SSSR count). The van der Waals surface area contributed by atoms with Gasteiger partial charge in [0.05, 0.1) is 0 Å². The van der Waals surface area contributed by atoms with Crippen molar-refractivity contribution in [1.82, 2.24) is 0 Å². The van der Waals surface area contributed by atoms with Crippen LogP contribution in [0.25, 0.3) is 0 Å². The van der Waals surface area contributed by atoms with Crippen molar-refractivity contribution >= 4 is 0 Å². The molecule has 0 nitrogen and oxygen atoms in total. The number of hydrogen-bond acceptors (Lipinski definition) is 0. The van der Waals surface area contributed by atoms with Crippen LogP contribution in [0.5, 0.6) is 0 Å².